The number of nitrogens with one attached hydrogen (secondary N) is 1. The van der Waals surface area contributed by atoms with Gasteiger partial charge in [0, 0.05) is 37.3 Å². The smallest absolute Gasteiger partial charge is 0.253 e. The molecule has 1 aliphatic rings. The number of aryl methyl sites for hydroxylation is 1. The molecule has 22 heavy (non-hydrogen) atoms. The van der Waals surface area contributed by atoms with Crippen LogP contribution in [-0.4, -0.2) is 36.3 Å². The zero-order valence-electron chi connectivity index (χ0n) is 13.6. The van der Waals surface area contributed by atoms with Crippen molar-refractivity contribution in [2.45, 2.75) is 39.2 Å². The van der Waals surface area contributed by atoms with Gasteiger partial charge in [-0.1, -0.05) is 13.8 Å². The minimum Gasteiger partial charge on any atom is -0.342 e. The molecule has 0 saturated carbocycles. The van der Waals surface area contributed by atoms with Gasteiger partial charge >= 0.3 is 0 Å². The number of fused-ring (bicyclic) bond motifs is 1. The van der Waals surface area contributed by atoms with Crippen molar-refractivity contribution < 1.29 is 9.59 Å². The van der Waals surface area contributed by atoms with Crippen molar-refractivity contribution >= 4 is 17.5 Å². The predicted octanol–water partition coefficient (Wildman–Crippen LogP) is 2.02. The molecule has 1 heterocycles. The van der Waals surface area contributed by atoms with Crippen molar-refractivity contribution in [3.63, 3.8) is 0 Å². The lowest BCUT2D eigenvalue weighted by molar-refractivity contribution is -0.116. The Bertz CT molecular complexity index is 569. The van der Waals surface area contributed by atoms with Gasteiger partial charge in [0.15, 0.2) is 0 Å². The minimum atomic E-state index is -0.00402. The minimum absolute atomic E-state index is 0.00402. The molecule has 0 aliphatic carbocycles. The monoisotopic (exact) mass is 303 g/mol. The van der Waals surface area contributed by atoms with Crippen LogP contribution in [0.3, 0.4) is 0 Å². The molecule has 3 N–H and O–H groups in total. The van der Waals surface area contributed by atoms with Gasteiger partial charge in [-0.15, -0.1) is 0 Å². The average Bonchev–Trinajstić information content (AvgIpc) is 2.50. The van der Waals surface area contributed by atoms with E-state index in [2.05, 4.69) is 19.2 Å². The van der Waals surface area contributed by atoms with Crippen LogP contribution in [-0.2, 0) is 11.2 Å². The fourth-order valence-corrected chi connectivity index (χ4v) is 2.51. The van der Waals surface area contributed by atoms with Crippen molar-refractivity contribution in [2.75, 3.05) is 18.9 Å². The maximum Gasteiger partial charge on any atom is 0.253 e. The Hall–Kier alpha value is -1.88. The first-order valence-corrected chi connectivity index (χ1v) is 7.82. The summed E-state index contributed by atoms with van der Waals surface area (Å²) in [6.07, 6.45) is 1.95. The molecule has 2 rings (SSSR count). The van der Waals surface area contributed by atoms with Crippen LogP contribution in [0.25, 0.3) is 0 Å². The Morgan fingerprint density at radius 2 is 2.09 bits per heavy atom. The molecule has 2 amide bonds. The summed E-state index contributed by atoms with van der Waals surface area (Å²) in [6.45, 7) is 4.82. The van der Waals surface area contributed by atoms with Gasteiger partial charge in [-0.05, 0) is 42.5 Å². The molecule has 1 aliphatic heterocycles. The Labute approximate surface area is 131 Å². The molecule has 0 radical (unpaired) electrons. The lowest BCUT2D eigenvalue weighted by atomic mass is 9.99. The first-order chi connectivity index (χ1) is 10.4. The van der Waals surface area contributed by atoms with Crippen LogP contribution < -0.4 is 11.1 Å². The Morgan fingerprint density at radius 1 is 1.36 bits per heavy atom. The average molecular weight is 303 g/mol. The summed E-state index contributed by atoms with van der Waals surface area (Å²) in [7, 11) is 1.80. The summed E-state index contributed by atoms with van der Waals surface area (Å²) in [5.74, 6) is 0.442. The van der Waals surface area contributed by atoms with Crippen LogP contribution >= 0.6 is 0 Å². The van der Waals surface area contributed by atoms with E-state index < -0.39 is 0 Å². The number of nitrogens with two attached hydrogens (primary N) is 1. The van der Waals surface area contributed by atoms with Crippen LogP contribution in [0.4, 0.5) is 5.69 Å². The van der Waals surface area contributed by atoms with Gasteiger partial charge in [-0.3, -0.25) is 9.59 Å². The molecule has 5 nitrogen and oxygen atoms in total. The maximum atomic E-state index is 12.5. The van der Waals surface area contributed by atoms with Crippen molar-refractivity contribution in [1.82, 2.24) is 4.90 Å². The predicted molar refractivity (Wildman–Crippen MR) is 87.8 cm³/mol. The number of amides is 2. The third-order valence-electron chi connectivity index (χ3n) is 4.25. The molecular formula is C17H25N3O2. The van der Waals surface area contributed by atoms with Gasteiger partial charge in [0.1, 0.15) is 0 Å². The summed E-state index contributed by atoms with van der Waals surface area (Å²) in [6, 6.07) is 5.57. The van der Waals surface area contributed by atoms with E-state index in [0.29, 0.717) is 30.9 Å². The number of rotatable bonds is 5. The van der Waals surface area contributed by atoms with Crippen molar-refractivity contribution in [1.29, 1.82) is 0 Å². The van der Waals surface area contributed by atoms with Crippen LogP contribution in [0.1, 0.15) is 42.6 Å². The molecule has 1 aromatic carbocycles. The van der Waals surface area contributed by atoms with E-state index in [0.717, 1.165) is 17.7 Å². The first-order valence-electron chi connectivity index (χ1n) is 7.82. The van der Waals surface area contributed by atoms with E-state index in [-0.39, 0.29) is 17.9 Å². The SMILES string of the molecule is CC(C)C(N)CCN(C)C(=O)c1ccc2c(c1)CCC(=O)N2. The van der Waals surface area contributed by atoms with Gasteiger partial charge in [-0.2, -0.15) is 0 Å². The highest BCUT2D eigenvalue weighted by Gasteiger charge is 2.19. The fraction of sp³-hybridized carbons (Fsp3) is 0.529. The molecular weight excluding hydrogens is 278 g/mol. The number of hydrogen-bond donors (Lipinski definition) is 2. The molecule has 1 unspecified atom stereocenters. The standard InChI is InChI=1S/C17H25N3O2/c1-11(2)14(18)8-9-20(3)17(22)13-4-6-15-12(10-13)5-7-16(21)19-15/h4,6,10-11,14H,5,7-9,18H2,1-3H3,(H,19,21). The molecule has 0 aromatic heterocycles. The lowest BCUT2D eigenvalue weighted by Crippen LogP contribution is -2.34. The Morgan fingerprint density at radius 3 is 2.77 bits per heavy atom. The number of benzene rings is 1. The molecule has 0 saturated heterocycles. The molecule has 0 bridgehead atoms. The first kappa shape index (κ1) is 16.5. The number of nitrogens with zero attached hydrogens (tertiary/aromatic N) is 1. The van der Waals surface area contributed by atoms with E-state index in [1.165, 1.54) is 0 Å². The van der Waals surface area contributed by atoms with Crippen molar-refractivity contribution in [3.05, 3.63) is 29.3 Å². The van der Waals surface area contributed by atoms with Crippen molar-refractivity contribution in [3.8, 4) is 0 Å². The van der Waals surface area contributed by atoms with Crippen LogP contribution in [0.15, 0.2) is 18.2 Å². The summed E-state index contributed by atoms with van der Waals surface area (Å²) in [4.78, 5) is 25.5. The number of carbonyl (C=O) groups is 2. The summed E-state index contributed by atoms with van der Waals surface area (Å²) in [5.41, 5.74) is 8.53. The van der Waals surface area contributed by atoms with Gasteiger partial charge in [0.2, 0.25) is 5.91 Å². The van der Waals surface area contributed by atoms with E-state index in [9.17, 15) is 9.59 Å². The third-order valence-corrected chi connectivity index (χ3v) is 4.25. The highest BCUT2D eigenvalue weighted by molar-refractivity contribution is 5.97. The molecule has 5 heteroatoms. The molecule has 0 fully saturated rings. The van der Waals surface area contributed by atoms with Gasteiger partial charge < -0.3 is 16.0 Å². The van der Waals surface area contributed by atoms with E-state index in [1.807, 2.05) is 12.1 Å². The van der Waals surface area contributed by atoms with E-state index in [4.69, 9.17) is 5.73 Å². The second-order valence-electron chi connectivity index (χ2n) is 6.34. The fourth-order valence-electron chi connectivity index (χ4n) is 2.51. The van der Waals surface area contributed by atoms with Gasteiger partial charge in [0.25, 0.3) is 5.91 Å². The normalized spacial score (nSPS) is 15.2. The van der Waals surface area contributed by atoms with Crippen LogP contribution in [0.2, 0.25) is 0 Å². The third kappa shape index (κ3) is 3.85. The zero-order valence-corrected chi connectivity index (χ0v) is 13.6. The second kappa shape index (κ2) is 6.92. The van der Waals surface area contributed by atoms with Gasteiger partial charge in [0.05, 0.1) is 0 Å². The summed E-state index contributed by atoms with van der Waals surface area (Å²) >= 11 is 0. The molecule has 120 valence electrons. The molecule has 1 aromatic rings. The summed E-state index contributed by atoms with van der Waals surface area (Å²) in [5, 5.41) is 2.83. The quantitative estimate of drug-likeness (QED) is 0.874. The Kier molecular flexibility index (Phi) is 5.19. The largest absolute Gasteiger partial charge is 0.342 e. The highest BCUT2D eigenvalue weighted by atomic mass is 16.2. The second-order valence-corrected chi connectivity index (χ2v) is 6.34. The van der Waals surface area contributed by atoms with E-state index >= 15 is 0 Å². The number of anilines is 1. The topological polar surface area (TPSA) is 75.4 Å². The van der Waals surface area contributed by atoms with Crippen molar-refractivity contribution in [2.24, 2.45) is 11.7 Å². The maximum absolute atomic E-state index is 12.5. The Balaban J connectivity index is 2.02. The highest BCUT2D eigenvalue weighted by Crippen LogP contribution is 2.24. The van der Waals surface area contributed by atoms with Gasteiger partial charge in [-0.25, -0.2) is 0 Å². The number of carbonyl (C=O) groups excluding carboxylic acids is 2. The zero-order chi connectivity index (χ0) is 16.3. The van der Waals surface area contributed by atoms with E-state index in [1.54, 1.807) is 18.0 Å². The molecule has 0 spiro atoms. The number of hydrogen-bond acceptors (Lipinski definition) is 3. The van der Waals surface area contributed by atoms with Crippen LogP contribution in [0, 0.1) is 5.92 Å². The molecule has 1 atom stereocenters. The van der Waals surface area contributed by atoms with Crippen LogP contribution in [0.5, 0.6) is 0 Å². The summed E-state index contributed by atoms with van der Waals surface area (Å²) < 4.78 is 0. The lowest BCUT2D eigenvalue weighted by Gasteiger charge is -2.23.